The van der Waals surface area contributed by atoms with E-state index in [0.29, 0.717) is 5.69 Å². The van der Waals surface area contributed by atoms with Gasteiger partial charge < -0.3 is 16.0 Å². The number of nitrogens with zero attached hydrogens (tertiary/aromatic N) is 1. The highest BCUT2D eigenvalue weighted by Gasteiger charge is 2.04. The molecule has 0 fully saturated rings. The topological polar surface area (TPSA) is 66.0 Å². The quantitative estimate of drug-likeness (QED) is 0.753. The van der Waals surface area contributed by atoms with Crippen molar-refractivity contribution in [2.75, 3.05) is 10.6 Å². The van der Waals surface area contributed by atoms with E-state index in [4.69, 9.17) is 0 Å². The number of amides is 2. The Morgan fingerprint density at radius 2 is 2.00 bits per heavy atom. The van der Waals surface area contributed by atoms with Gasteiger partial charge >= 0.3 is 6.03 Å². The van der Waals surface area contributed by atoms with Gasteiger partial charge in [0.1, 0.15) is 5.82 Å². The maximum absolute atomic E-state index is 11.6. The molecule has 0 saturated heterocycles. The zero-order valence-electron chi connectivity index (χ0n) is 12.8. The lowest BCUT2D eigenvalue weighted by Crippen LogP contribution is -2.34. The Morgan fingerprint density at radius 3 is 2.59 bits per heavy atom. The first-order chi connectivity index (χ1) is 10.4. The molecule has 116 valence electrons. The molecule has 0 bridgehead atoms. The van der Waals surface area contributed by atoms with Crippen LogP contribution in [0, 0.1) is 6.92 Å². The number of carbonyl (C=O) groups is 1. The maximum Gasteiger partial charge on any atom is 0.319 e. The first-order valence-electron chi connectivity index (χ1n) is 7.01. The van der Waals surface area contributed by atoms with Crippen molar-refractivity contribution in [3.05, 3.63) is 46.6 Å². The number of carbonyl (C=O) groups excluding carboxylic acids is 1. The highest BCUT2D eigenvalue weighted by molar-refractivity contribution is 9.10. The predicted molar refractivity (Wildman–Crippen MR) is 93.7 cm³/mol. The molecule has 0 radical (unpaired) electrons. The fraction of sp³-hybridized carbons (Fsp3) is 0.250. The van der Waals surface area contributed by atoms with E-state index in [-0.39, 0.29) is 12.1 Å². The van der Waals surface area contributed by atoms with Crippen molar-refractivity contribution in [2.24, 2.45) is 0 Å². The number of hydrogen-bond donors (Lipinski definition) is 3. The molecule has 0 atom stereocenters. The molecule has 0 aliphatic carbocycles. The van der Waals surface area contributed by atoms with Crippen LogP contribution >= 0.6 is 15.9 Å². The van der Waals surface area contributed by atoms with Crippen LogP contribution < -0.4 is 16.0 Å². The summed E-state index contributed by atoms with van der Waals surface area (Å²) in [5, 5.41) is 8.75. The summed E-state index contributed by atoms with van der Waals surface area (Å²) in [6.45, 7) is 5.84. The zero-order valence-corrected chi connectivity index (χ0v) is 14.4. The van der Waals surface area contributed by atoms with E-state index in [0.717, 1.165) is 21.5 Å². The maximum atomic E-state index is 11.6. The number of nitrogens with one attached hydrogen (secondary N) is 3. The van der Waals surface area contributed by atoms with Gasteiger partial charge in [0.25, 0.3) is 0 Å². The minimum absolute atomic E-state index is 0.0919. The lowest BCUT2D eigenvalue weighted by atomic mass is 10.2. The van der Waals surface area contributed by atoms with Gasteiger partial charge in [-0.15, -0.1) is 0 Å². The molecule has 2 rings (SSSR count). The van der Waals surface area contributed by atoms with Crippen molar-refractivity contribution in [1.29, 1.82) is 0 Å². The Balaban J connectivity index is 2.01. The standard InChI is InChI=1S/C16H19BrN4O/c1-10(2)19-16(22)20-13-5-7-15(18-9-13)21-14-6-4-12(17)8-11(14)3/h4-10H,1-3H3,(H,18,21)(H2,19,20,22). The molecule has 3 N–H and O–H groups in total. The molecular formula is C16H19BrN4O. The number of aromatic nitrogens is 1. The molecule has 5 nitrogen and oxygen atoms in total. The van der Waals surface area contributed by atoms with Gasteiger partial charge in [0.15, 0.2) is 0 Å². The van der Waals surface area contributed by atoms with Crippen molar-refractivity contribution >= 4 is 39.2 Å². The van der Waals surface area contributed by atoms with Crippen molar-refractivity contribution in [3.8, 4) is 0 Å². The van der Waals surface area contributed by atoms with Crippen LogP contribution in [-0.4, -0.2) is 17.1 Å². The molecule has 1 aromatic heterocycles. The average molecular weight is 363 g/mol. The Kier molecular flexibility index (Phi) is 5.38. The van der Waals surface area contributed by atoms with E-state index < -0.39 is 0 Å². The third kappa shape index (κ3) is 4.73. The monoisotopic (exact) mass is 362 g/mol. The number of aryl methyl sites for hydroxylation is 1. The normalized spacial score (nSPS) is 10.4. The Hall–Kier alpha value is -2.08. The Morgan fingerprint density at radius 1 is 1.23 bits per heavy atom. The lowest BCUT2D eigenvalue weighted by Gasteiger charge is -2.11. The second-order valence-corrected chi connectivity index (χ2v) is 6.19. The highest BCUT2D eigenvalue weighted by Crippen LogP contribution is 2.23. The van der Waals surface area contributed by atoms with Gasteiger partial charge in [0.05, 0.1) is 11.9 Å². The predicted octanol–water partition coefficient (Wildman–Crippen LogP) is 4.43. The number of halogens is 1. The van der Waals surface area contributed by atoms with Crippen LogP contribution in [0.3, 0.4) is 0 Å². The van der Waals surface area contributed by atoms with Gasteiger partial charge in [-0.25, -0.2) is 9.78 Å². The largest absolute Gasteiger partial charge is 0.340 e. The first kappa shape index (κ1) is 16.3. The van der Waals surface area contributed by atoms with Crippen molar-refractivity contribution in [2.45, 2.75) is 26.8 Å². The molecule has 0 spiro atoms. The summed E-state index contributed by atoms with van der Waals surface area (Å²) in [5.41, 5.74) is 2.76. The Labute approximate surface area is 138 Å². The SMILES string of the molecule is Cc1cc(Br)ccc1Nc1ccc(NC(=O)NC(C)C)cn1. The Bertz CT molecular complexity index is 656. The van der Waals surface area contributed by atoms with Crippen molar-refractivity contribution < 1.29 is 4.79 Å². The van der Waals surface area contributed by atoms with Gasteiger partial charge in [0, 0.05) is 16.2 Å². The number of pyridine rings is 1. The van der Waals surface area contributed by atoms with Crippen LogP contribution in [0.5, 0.6) is 0 Å². The second kappa shape index (κ2) is 7.26. The minimum atomic E-state index is -0.235. The lowest BCUT2D eigenvalue weighted by molar-refractivity contribution is 0.250. The molecule has 6 heteroatoms. The molecular weight excluding hydrogens is 344 g/mol. The van der Waals surface area contributed by atoms with Crippen LogP contribution in [-0.2, 0) is 0 Å². The zero-order chi connectivity index (χ0) is 16.1. The average Bonchev–Trinajstić information content (AvgIpc) is 2.43. The highest BCUT2D eigenvalue weighted by atomic mass is 79.9. The van der Waals surface area contributed by atoms with Crippen LogP contribution in [0.1, 0.15) is 19.4 Å². The molecule has 0 unspecified atom stereocenters. The van der Waals surface area contributed by atoms with Crippen molar-refractivity contribution in [3.63, 3.8) is 0 Å². The summed E-state index contributed by atoms with van der Waals surface area (Å²) in [4.78, 5) is 15.9. The third-order valence-corrected chi connectivity index (χ3v) is 3.39. The molecule has 2 aromatic rings. The van der Waals surface area contributed by atoms with Gasteiger partial charge in [-0.05, 0) is 56.7 Å². The van der Waals surface area contributed by atoms with Gasteiger partial charge in [-0.2, -0.15) is 0 Å². The van der Waals surface area contributed by atoms with Crippen molar-refractivity contribution in [1.82, 2.24) is 10.3 Å². The molecule has 0 aliphatic rings. The van der Waals surface area contributed by atoms with E-state index in [2.05, 4.69) is 36.9 Å². The molecule has 22 heavy (non-hydrogen) atoms. The van der Waals surface area contributed by atoms with E-state index >= 15 is 0 Å². The number of rotatable bonds is 4. The minimum Gasteiger partial charge on any atom is -0.340 e. The number of benzene rings is 1. The molecule has 2 amide bonds. The van der Waals surface area contributed by atoms with E-state index in [1.165, 1.54) is 0 Å². The van der Waals surface area contributed by atoms with Gasteiger partial charge in [-0.3, -0.25) is 0 Å². The third-order valence-electron chi connectivity index (χ3n) is 2.89. The number of anilines is 3. The van der Waals surface area contributed by atoms with E-state index in [9.17, 15) is 4.79 Å². The summed E-state index contributed by atoms with van der Waals surface area (Å²) < 4.78 is 1.04. The van der Waals surface area contributed by atoms with Crippen LogP contribution in [0.4, 0.5) is 22.0 Å². The van der Waals surface area contributed by atoms with Crippen LogP contribution in [0.15, 0.2) is 41.0 Å². The molecule has 1 heterocycles. The summed E-state index contributed by atoms with van der Waals surface area (Å²) in [5.74, 6) is 0.722. The number of urea groups is 1. The number of hydrogen-bond acceptors (Lipinski definition) is 3. The fourth-order valence-electron chi connectivity index (χ4n) is 1.88. The molecule has 0 aliphatic heterocycles. The smallest absolute Gasteiger partial charge is 0.319 e. The van der Waals surface area contributed by atoms with Gasteiger partial charge in [0.2, 0.25) is 0 Å². The fourth-order valence-corrected chi connectivity index (χ4v) is 2.35. The summed E-state index contributed by atoms with van der Waals surface area (Å²) in [6, 6.07) is 9.49. The second-order valence-electron chi connectivity index (χ2n) is 5.27. The van der Waals surface area contributed by atoms with Crippen LogP contribution in [0.25, 0.3) is 0 Å². The van der Waals surface area contributed by atoms with E-state index in [1.807, 2.05) is 51.1 Å². The van der Waals surface area contributed by atoms with Crippen LogP contribution in [0.2, 0.25) is 0 Å². The first-order valence-corrected chi connectivity index (χ1v) is 7.80. The molecule has 0 saturated carbocycles. The summed E-state index contributed by atoms with van der Waals surface area (Å²) >= 11 is 3.44. The summed E-state index contributed by atoms with van der Waals surface area (Å²) in [6.07, 6.45) is 1.62. The van der Waals surface area contributed by atoms with E-state index in [1.54, 1.807) is 6.20 Å². The molecule has 1 aromatic carbocycles. The summed E-state index contributed by atoms with van der Waals surface area (Å²) in [7, 11) is 0. The van der Waals surface area contributed by atoms with Gasteiger partial charge in [-0.1, -0.05) is 15.9 Å².